The van der Waals surface area contributed by atoms with E-state index in [9.17, 15) is 5.11 Å². The summed E-state index contributed by atoms with van der Waals surface area (Å²) in [6, 6.07) is 0. The molecule has 1 aromatic heterocycles. The Morgan fingerprint density at radius 3 is 2.32 bits per heavy atom. The lowest BCUT2D eigenvalue weighted by atomic mass is 9.49. The Morgan fingerprint density at radius 2 is 1.79 bits per heavy atom. The van der Waals surface area contributed by atoms with Crippen LogP contribution in [0.2, 0.25) is 0 Å². The van der Waals surface area contributed by atoms with Crippen LogP contribution >= 0.6 is 0 Å². The molecule has 0 radical (unpaired) electrons. The van der Waals surface area contributed by atoms with Crippen molar-refractivity contribution in [2.75, 3.05) is 0 Å². The summed E-state index contributed by atoms with van der Waals surface area (Å²) < 4.78 is 5.55. The quantitative estimate of drug-likeness (QED) is 0.909. The molecule has 1 N–H and O–H groups in total. The van der Waals surface area contributed by atoms with E-state index < -0.39 is 6.10 Å². The van der Waals surface area contributed by atoms with Gasteiger partial charge < -0.3 is 9.63 Å². The zero-order chi connectivity index (χ0) is 13.0. The minimum absolute atomic E-state index is 0.146. The molecule has 1 aromatic rings. The fourth-order valence-electron chi connectivity index (χ4n) is 5.14. The maximum Gasteiger partial charge on any atom is 0.232 e. The number of aliphatic hydroxyl groups is 1. The van der Waals surface area contributed by atoms with Gasteiger partial charge in [0.05, 0.1) is 5.41 Å². The van der Waals surface area contributed by atoms with E-state index in [0.29, 0.717) is 12.2 Å². The van der Waals surface area contributed by atoms with Crippen molar-refractivity contribution in [3.63, 3.8) is 0 Å². The van der Waals surface area contributed by atoms with Crippen molar-refractivity contribution >= 4 is 0 Å². The van der Waals surface area contributed by atoms with Crippen LogP contribution in [0.1, 0.15) is 69.7 Å². The van der Waals surface area contributed by atoms with Gasteiger partial charge in [-0.2, -0.15) is 4.98 Å². The van der Waals surface area contributed by atoms with E-state index in [1.807, 2.05) is 6.92 Å². The van der Waals surface area contributed by atoms with Crippen molar-refractivity contribution in [1.82, 2.24) is 10.1 Å². The van der Waals surface area contributed by atoms with Gasteiger partial charge >= 0.3 is 0 Å². The third-order valence-corrected chi connectivity index (χ3v) is 5.62. The van der Waals surface area contributed by atoms with Crippen LogP contribution in [0.5, 0.6) is 0 Å². The predicted octanol–water partition coefficient (Wildman–Crippen LogP) is 2.98. The molecule has 1 heterocycles. The molecule has 1 unspecified atom stereocenters. The molecule has 4 aliphatic rings. The zero-order valence-electron chi connectivity index (χ0n) is 11.5. The van der Waals surface area contributed by atoms with Crippen LogP contribution in [-0.4, -0.2) is 15.2 Å². The summed E-state index contributed by atoms with van der Waals surface area (Å²) in [5, 5.41) is 13.8. The molecule has 0 spiro atoms. The standard InChI is InChI=1S/C15H22N2O2/c1-2-12(18)13-16-14(19-17-13)15-6-9-3-10(7-15)5-11(4-9)8-15/h9-12,18H,2-8H2,1H3. The molecule has 104 valence electrons. The fourth-order valence-corrected chi connectivity index (χ4v) is 5.14. The van der Waals surface area contributed by atoms with Crippen LogP contribution in [0.15, 0.2) is 4.52 Å². The third-order valence-electron chi connectivity index (χ3n) is 5.62. The minimum atomic E-state index is -0.577. The lowest BCUT2D eigenvalue weighted by Crippen LogP contribution is -2.48. The molecule has 1 atom stereocenters. The topological polar surface area (TPSA) is 59.2 Å². The Bertz CT molecular complexity index is 447. The van der Waals surface area contributed by atoms with Gasteiger partial charge in [0.25, 0.3) is 0 Å². The largest absolute Gasteiger partial charge is 0.385 e. The normalized spacial score (nSPS) is 41.7. The smallest absolute Gasteiger partial charge is 0.232 e. The van der Waals surface area contributed by atoms with E-state index in [4.69, 9.17) is 4.52 Å². The second-order valence-electron chi connectivity index (χ2n) is 7.08. The van der Waals surface area contributed by atoms with E-state index in [2.05, 4.69) is 10.1 Å². The number of hydrogen-bond acceptors (Lipinski definition) is 4. The van der Waals surface area contributed by atoms with E-state index in [1.54, 1.807) is 0 Å². The summed E-state index contributed by atoms with van der Waals surface area (Å²) in [4.78, 5) is 4.54. The summed E-state index contributed by atoms with van der Waals surface area (Å²) >= 11 is 0. The maximum absolute atomic E-state index is 9.84. The van der Waals surface area contributed by atoms with Crippen LogP contribution in [0.4, 0.5) is 0 Å². The van der Waals surface area contributed by atoms with Crippen LogP contribution < -0.4 is 0 Å². The molecule has 0 amide bonds. The van der Waals surface area contributed by atoms with Gasteiger partial charge in [-0.3, -0.25) is 0 Å². The molecule has 4 aliphatic carbocycles. The van der Waals surface area contributed by atoms with E-state index in [-0.39, 0.29) is 5.41 Å². The first-order chi connectivity index (χ1) is 9.18. The van der Waals surface area contributed by atoms with Gasteiger partial charge in [0, 0.05) is 0 Å². The first kappa shape index (κ1) is 11.9. The summed E-state index contributed by atoms with van der Waals surface area (Å²) in [6.07, 6.45) is 7.98. The minimum Gasteiger partial charge on any atom is -0.385 e. The first-order valence-electron chi connectivity index (χ1n) is 7.70. The van der Waals surface area contributed by atoms with Crippen LogP contribution in [0.25, 0.3) is 0 Å². The first-order valence-corrected chi connectivity index (χ1v) is 7.70. The zero-order valence-corrected chi connectivity index (χ0v) is 11.5. The van der Waals surface area contributed by atoms with Gasteiger partial charge in [-0.25, -0.2) is 0 Å². The number of hydrogen-bond donors (Lipinski definition) is 1. The molecule has 4 bridgehead atoms. The Hall–Kier alpha value is -0.900. The monoisotopic (exact) mass is 262 g/mol. The van der Waals surface area contributed by atoms with Crippen LogP contribution in [0.3, 0.4) is 0 Å². The van der Waals surface area contributed by atoms with Crippen molar-refractivity contribution in [3.05, 3.63) is 11.7 Å². The highest BCUT2D eigenvalue weighted by molar-refractivity contribution is 5.15. The molecule has 0 saturated heterocycles. The number of rotatable bonds is 3. The molecule has 0 aromatic carbocycles. The van der Waals surface area contributed by atoms with E-state index >= 15 is 0 Å². The van der Waals surface area contributed by atoms with Gasteiger partial charge in [0.15, 0.2) is 5.82 Å². The highest BCUT2D eigenvalue weighted by Crippen LogP contribution is 2.60. The second kappa shape index (κ2) is 4.05. The lowest BCUT2D eigenvalue weighted by Gasteiger charge is -2.55. The molecular formula is C15H22N2O2. The van der Waals surface area contributed by atoms with Gasteiger partial charge in [-0.15, -0.1) is 0 Å². The van der Waals surface area contributed by atoms with Gasteiger partial charge in [0.1, 0.15) is 6.10 Å². The lowest BCUT2D eigenvalue weighted by molar-refractivity contribution is -0.0201. The molecule has 4 nitrogen and oxygen atoms in total. The van der Waals surface area contributed by atoms with Crippen molar-refractivity contribution in [1.29, 1.82) is 0 Å². The van der Waals surface area contributed by atoms with Crippen LogP contribution in [-0.2, 0) is 5.41 Å². The van der Waals surface area contributed by atoms with Crippen molar-refractivity contribution in [2.24, 2.45) is 17.8 Å². The fraction of sp³-hybridized carbons (Fsp3) is 0.867. The van der Waals surface area contributed by atoms with Crippen molar-refractivity contribution in [3.8, 4) is 0 Å². The number of aromatic nitrogens is 2. The summed E-state index contributed by atoms with van der Waals surface area (Å²) in [5.74, 6) is 3.91. The highest BCUT2D eigenvalue weighted by Gasteiger charge is 2.54. The van der Waals surface area contributed by atoms with E-state index in [0.717, 1.165) is 23.6 Å². The molecule has 4 saturated carbocycles. The molecular weight excluding hydrogens is 240 g/mol. The van der Waals surface area contributed by atoms with Gasteiger partial charge in [0.2, 0.25) is 5.89 Å². The molecule has 0 aliphatic heterocycles. The number of aliphatic hydroxyl groups excluding tert-OH is 1. The summed E-state index contributed by atoms with van der Waals surface area (Å²) in [6.45, 7) is 1.94. The summed E-state index contributed by atoms with van der Waals surface area (Å²) in [7, 11) is 0. The molecule has 5 rings (SSSR count). The second-order valence-corrected chi connectivity index (χ2v) is 7.08. The highest BCUT2D eigenvalue weighted by atomic mass is 16.5. The van der Waals surface area contributed by atoms with Crippen molar-refractivity contribution < 1.29 is 9.63 Å². The molecule has 19 heavy (non-hydrogen) atoms. The summed E-state index contributed by atoms with van der Waals surface area (Å²) in [5.41, 5.74) is 0.146. The molecule has 4 heteroatoms. The van der Waals surface area contributed by atoms with E-state index in [1.165, 1.54) is 38.5 Å². The Kier molecular flexibility index (Phi) is 2.53. The van der Waals surface area contributed by atoms with Gasteiger partial charge in [-0.05, 0) is 62.7 Å². The molecule has 4 fully saturated rings. The SMILES string of the molecule is CCC(O)c1noc(C23CC4CC(CC(C4)C2)C3)n1. The van der Waals surface area contributed by atoms with Crippen molar-refractivity contribution in [2.45, 2.75) is 63.4 Å². The maximum atomic E-state index is 9.84. The Labute approximate surface area is 113 Å². The average Bonchev–Trinajstić information content (AvgIpc) is 2.86. The van der Waals surface area contributed by atoms with Crippen LogP contribution in [0, 0.1) is 17.8 Å². The Balaban J connectivity index is 1.66. The average molecular weight is 262 g/mol. The number of nitrogens with zero attached hydrogens (tertiary/aromatic N) is 2. The van der Waals surface area contributed by atoms with Gasteiger partial charge in [-0.1, -0.05) is 12.1 Å². The third kappa shape index (κ3) is 1.76. The predicted molar refractivity (Wildman–Crippen MR) is 69.4 cm³/mol. The Morgan fingerprint density at radius 1 is 1.21 bits per heavy atom.